The van der Waals surface area contributed by atoms with E-state index in [1.54, 1.807) is 34.9 Å². The lowest BCUT2D eigenvalue weighted by Crippen LogP contribution is -2.55. The Kier molecular flexibility index (Phi) is 6.26. The van der Waals surface area contributed by atoms with Gasteiger partial charge in [0.05, 0.1) is 6.26 Å². The SMILES string of the molecule is CC(NC(=O)/C=C/c1ccccc1)C(=O)N1CCN(C(=O)c2ccco2)CC1. The highest BCUT2D eigenvalue weighted by Crippen LogP contribution is 2.10. The molecule has 3 rings (SSSR count). The standard InChI is InChI=1S/C21H23N3O4/c1-16(22-19(25)10-9-17-6-3-2-4-7-17)20(26)23-11-13-24(14-12-23)21(27)18-8-5-15-28-18/h2-10,15-16H,11-14H2,1H3,(H,22,25)/b10-9+. The number of hydrogen-bond donors (Lipinski definition) is 1. The van der Waals surface area contributed by atoms with Crippen LogP contribution in [-0.4, -0.2) is 59.7 Å². The summed E-state index contributed by atoms with van der Waals surface area (Å²) in [6, 6.07) is 12.1. The molecule has 1 aliphatic heterocycles. The van der Waals surface area contributed by atoms with Crippen molar-refractivity contribution in [3.8, 4) is 0 Å². The fraction of sp³-hybridized carbons (Fsp3) is 0.286. The van der Waals surface area contributed by atoms with Crippen molar-refractivity contribution in [2.24, 2.45) is 0 Å². The summed E-state index contributed by atoms with van der Waals surface area (Å²) in [7, 11) is 0. The third kappa shape index (κ3) is 4.88. The maximum Gasteiger partial charge on any atom is 0.289 e. The molecule has 2 heterocycles. The Morgan fingerprint density at radius 1 is 1.00 bits per heavy atom. The van der Waals surface area contributed by atoms with E-state index in [0.29, 0.717) is 31.9 Å². The van der Waals surface area contributed by atoms with Crippen molar-refractivity contribution in [1.29, 1.82) is 0 Å². The second-order valence-electron chi connectivity index (χ2n) is 6.57. The summed E-state index contributed by atoms with van der Waals surface area (Å²) in [5, 5.41) is 2.69. The lowest BCUT2D eigenvalue weighted by Gasteiger charge is -2.35. The first-order valence-corrected chi connectivity index (χ1v) is 9.20. The van der Waals surface area contributed by atoms with Crippen LogP contribution < -0.4 is 5.32 Å². The van der Waals surface area contributed by atoms with Crippen LogP contribution in [0.5, 0.6) is 0 Å². The van der Waals surface area contributed by atoms with Gasteiger partial charge in [0.1, 0.15) is 6.04 Å². The minimum atomic E-state index is -0.639. The number of rotatable bonds is 5. The molecule has 1 aromatic heterocycles. The molecular weight excluding hydrogens is 358 g/mol. The smallest absolute Gasteiger partial charge is 0.289 e. The Morgan fingerprint density at radius 2 is 1.68 bits per heavy atom. The monoisotopic (exact) mass is 381 g/mol. The van der Waals surface area contributed by atoms with E-state index in [4.69, 9.17) is 4.42 Å². The number of nitrogens with one attached hydrogen (secondary N) is 1. The second-order valence-corrected chi connectivity index (χ2v) is 6.57. The molecule has 1 N–H and O–H groups in total. The van der Waals surface area contributed by atoms with Crippen LogP contribution in [0, 0.1) is 0 Å². The van der Waals surface area contributed by atoms with Crippen LogP contribution in [0.25, 0.3) is 6.08 Å². The van der Waals surface area contributed by atoms with Crippen LogP contribution >= 0.6 is 0 Å². The highest BCUT2D eigenvalue weighted by Gasteiger charge is 2.28. The first kappa shape index (κ1) is 19.4. The van der Waals surface area contributed by atoms with Gasteiger partial charge in [-0.1, -0.05) is 30.3 Å². The zero-order valence-electron chi connectivity index (χ0n) is 15.7. The van der Waals surface area contributed by atoms with Gasteiger partial charge in [-0.05, 0) is 30.7 Å². The zero-order valence-corrected chi connectivity index (χ0v) is 15.7. The van der Waals surface area contributed by atoms with Gasteiger partial charge in [0.2, 0.25) is 11.8 Å². The molecular formula is C21H23N3O4. The van der Waals surface area contributed by atoms with Crippen LogP contribution in [-0.2, 0) is 9.59 Å². The Bertz CT molecular complexity index is 838. The molecule has 0 saturated carbocycles. The van der Waals surface area contributed by atoms with E-state index in [1.807, 2.05) is 30.3 Å². The average Bonchev–Trinajstić information content (AvgIpc) is 3.27. The van der Waals surface area contributed by atoms with Gasteiger partial charge in [0.25, 0.3) is 5.91 Å². The van der Waals surface area contributed by atoms with Crippen molar-refractivity contribution >= 4 is 23.8 Å². The molecule has 3 amide bonds. The van der Waals surface area contributed by atoms with Crippen LogP contribution in [0.15, 0.2) is 59.2 Å². The van der Waals surface area contributed by atoms with Gasteiger partial charge in [-0.15, -0.1) is 0 Å². The van der Waals surface area contributed by atoms with E-state index in [9.17, 15) is 14.4 Å². The van der Waals surface area contributed by atoms with Gasteiger partial charge in [0, 0.05) is 32.3 Å². The summed E-state index contributed by atoms with van der Waals surface area (Å²) in [5.41, 5.74) is 0.911. The van der Waals surface area contributed by atoms with Crippen LogP contribution in [0.3, 0.4) is 0 Å². The predicted octanol–water partition coefficient (Wildman–Crippen LogP) is 1.78. The molecule has 1 atom stereocenters. The average molecular weight is 381 g/mol. The molecule has 1 saturated heterocycles. The van der Waals surface area contributed by atoms with E-state index in [2.05, 4.69) is 5.32 Å². The first-order chi connectivity index (χ1) is 13.5. The second kappa shape index (κ2) is 9.03. The Hall–Kier alpha value is -3.35. The van der Waals surface area contributed by atoms with Crippen molar-refractivity contribution in [2.45, 2.75) is 13.0 Å². The molecule has 0 radical (unpaired) electrons. The van der Waals surface area contributed by atoms with E-state index in [0.717, 1.165) is 5.56 Å². The van der Waals surface area contributed by atoms with Gasteiger partial charge in [-0.25, -0.2) is 0 Å². The molecule has 1 aliphatic rings. The lowest BCUT2D eigenvalue weighted by molar-refractivity contribution is -0.136. The van der Waals surface area contributed by atoms with Crippen molar-refractivity contribution < 1.29 is 18.8 Å². The lowest BCUT2D eigenvalue weighted by atomic mass is 10.2. The van der Waals surface area contributed by atoms with Crippen LogP contribution in [0.4, 0.5) is 0 Å². The Morgan fingerprint density at radius 3 is 2.32 bits per heavy atom. The topological polar surface area (TPSA) is 82.9 Å². The highest BCUT2D eigenvalue weighted by atomic mass is 16.3. The van der Waals surface area contributed by atoms with Gasteiger partial charge < -0.3 is 19.5 Å². The van der Waals surface area contributed by atoms with Crippen LogP contribution in [0.1, 0.15) is 23.0 Å². The predicted molar refractivity (Wildman–Crippen MR) is 104 cm³/mol. The van der Waals surface area contributed by atoms with Crippen molar-refractivity contribution in [1.82, 2.24) is 15.1 Å². The molecule has 146 valence electrons. The minimum absolute atomic E-state index is 0.161. The third-order valence-electron chi connectivity index (χ3n) is 4.57. The number of furan rings is 1. The fourth-order valence-corrected chi connectivity index (χ4v) is 3.02. The molecule has 1 aromatic carbocycles. The maximum absolute atomic E-state index is 12.6. The number of piperazine rings is 1. The molecule has 0 bridgehead atoms. The Labute approximate surface area is 163 Å². The van der Waals surface area contributed by atoms with Crippen molar-refractivity contribution in [3.05, 3.63) is 66.1 Å². The van der Waals surface area contributed by atoms with Crippen molar-refractivity contribution in [3.63, 3.8) is 0 Å². The normalized spacial score (nSPS) is 15.5. The molecule has 1 unspecified atom stereocenters. The third-order valence-corrected chi connectivity index (χ3v) is 4.57. The molecule has 0 spiro atoms. The first-order valence-electron chi connectivity index (χ1n) is 9.20. The van der Waals surface area contributed by atoms with Gasteiger partial charge >= 0.3 is 0 Å². The van der Waals surface area contributed by atoms with Gasteiger partial charge in [-0.2, -0.15) is 0 Å². The molecule has 28 heavy (non-hydrogen) atoms. The molecule has 7 nitrogen and oxygen atoms in total. The van der Waals surface area contributed by atoms with E-state index in [-0.39, 0.29) is 17.7 Å². The largest absolute Gasteiger partial charge is 0.459 e. The minimum Gasteiger partial charge on any atom is -0.459 e. The van der Waals surface area contributed by atoms with Gasteiger partial charge in [-0.3, -0.25) is 14.4 Å². The number of amides is 3. The summed E-state index contributed by atoms with van der Waals surface area (Å²) in [5.74, 6) is -0.363. The summed E-state index contributed by atoms with van der Waals surface area (Å²) in [6.45, 7) is 3.37. The molecule has 0 aliphatic carbocycles. The summed E-state index contributed by atoms with van der Waals surface area (Å²) in [6.07, 6.45) is 4.58. The maximum atomic E-state index is 12.6. The fourth-order valence-electron chi connectivity index (χ4n) is 3.02. The number of carbonyl (C=O) groups is 3. The zero-order chi connectivity index (χ0) is 19.9. The molecule has 7 heteroatoms. The quantitative estimate of drug-likeness (QED) is 0.801. The van der Waals surface area contributed by atoms with Gasteiger partial charge in [0.15, 0.2) is 5.76 Å². The van der Waals surface area contributed by atoms with Crippen molar-refractivity contribution in [2.75, 3.05) is 26.2 Å². The van der Waals surface area contributed by atoms with Crippen LogP contribution in [0.2, 0.25) is 0 Å². The summed E-state index contributed by atoms with van der Waals surface area (Å²) in [4.78, 5) is 40.2. The highest BCUT2D eigenvalue weighted by molar-refractivity contribution is 5.95. The Balaban J connectivity index is 1.47. The summed E-state index contributed by atoms with van der Waals surface area (Å²) >= 11 is 0. The molecule has 1 fully saturated rings. The number of hydrogen-bond acceptors (Lipinski definition) is 4. The number of carbonyl (C=O) groups excluding carboxylic acids is 3. The number of nitrogens with zero attached hydrogens (tertiary/aromatic N) is 2. The van der Waals surface area contributed by atoms with E-state index >= 15 is 0 Å². The van der Waals surface area contributed by atoms with E-state index in [1.165, 1.54) is 12.3 Å². The summed E-state index contributed by atoms with van der Waals surface area (Å²) < 4.78 is 5.13. The molecule has 2 aromatic rings. The number of benzene rings is 1. The van der Waals surface area contributed by atoms with E-state index < -0.39 is 6.04 Å².